The molecule has 1 aromatic rings. The van der Waals surface area contributed by atoms with Crippen LogP contribution in [0.3, 0.4) is 0 Å². The molecule has 0 bridgehead atoms. The van der Waals surface area contributed by atoms with Crippen molar-refractivity contribution < 1.29 is 0 Å². The summed E-state index contributed by atoms with van der Waals surface area (Å²) in [7, 11) is 0. The number of fused-ring (bicyclic) bond motifs is 5. The molecule has 0 unspecified atom stereocenters. The highest BCUT2D eigenvalue weighted by Crippen LogP contribution is 2.36. The summed E-state index contributed by atoms with van der Waals surface area (Å²) in [6.45, 7) is 0. The van der Waals surface area contributed by atoms with E-state index in [1.54, 1.807) is 0 Å². The van der Waals surface area contributed by atoms with Crippen LogP contribution in [0.5, 0.6) is 0 Å². The lowest BCUT2D eigenvalue weighted by molar-refractivity contribution is 0.808. The van der Waals surface area contributed by atoms with Crippen molar-refractivity contribution in [3.05, 3.63) is 63.6 Å². The number of allylic oxidation sites excluding steroid dienone is 5. The second kappa shape index (κ2) is 3.84. The van der Waals surface area contributed by atoms with E-state index in [9.17, 15) is 0 Å². The van der Waals surface area contributed by atoms with Crippen molar-refractivity contribution in [2.24, 2.45) is 0 Å². The van der Waals surface area contributed by atoms with E-state index in [2.05, 4.69) is 54.7 Å². The van der Waals surface area contributed by atoms with Gasteiger partial charge in [-0.1, -0.05) is 54.7 Å². The van der Waals surface area contributed by atoms with E-state index in [4.69, 9.17) is 0 Å². The SMILES string of the molecule is C1=CC[C@@H]2C(=C1)C=Cc1c2ccc2c1=CCCC=2. The highest BCUT2D eigenvalue weighted by Gasteiger charge is 2.22. The van der Waals surface area contributed by atoms with Gasteiger partial charge in [0.2, 0.25) is 0 Å². The summed E-state index contributed by atoms with van der Waals surface area (Å²) in [5.74, 6) is 0.579. The van der Waals surface area contributed by atoms with Crippen molar-refractivity contribution in [1.29, 1.82) is 0 Å². The lowest BCUT2D eigenvalue weighted by atomic mass is 9.78. The Hall–Kier alpha value is -1.82. The second-order valence-corrected chi connectivity index (χ2v) is 5.27. The van der Waals surface area contributed by atoms with Crippen molar-refractivity contribution in [1.82, 2.24) is 0 Å². The summed E-state index contributed by atoms with van der Waals surface area (Å²) >= 11 is 0. The lowest BCUT2D eigenvalue weighted by Gasteiger charge is -2.26. The maximum atomic E-state index is 2.41. The van der Waals surface area contributed by atoms with Gasteiger partial charge in [0.15, 0.2) is 0 Å². The van der Waals surface area contributed by atoms with Crippen LogP contribution in [-0.4, -0.2) is 0 Å². The van der Waals surface area contributed by atoms with Crippen LogP contribution >= 0.6 is 0 Å². The number of rotatable bonds is 0. The number of hydrogen-bond donors (Lipinski definition) is 0. The fourth-order valence-electron chi connectivity index (χ4n) is 3.34. The first-order chi connectivity index (χ1) is 8.93. The minimum atomic E-state index is 0.579. The summed E-state index contributed by atoms with van der Waals surface area (Å²) in [4.78, 5) is 0. The van der Waals surface area contributed by atoms with Gasteiger partial charge in [0.25, 0.3) is 0 Å². The van der Waals surface area contributed by atoms with Crippen LogP contribution in [0.15, 0.2) is 42.0 Å². The Labute approximate surface area is 107 Å². The molecule has 4 rings (SSSR count). The van der Waals surface area contributed by atoms with Gasteiger partial charge in [-0.3, -0.25) is 0 Å². The molecule has 0 radical (unpaired) electrons. The third-order valence-electron chi connectivity index (χ3n) is 4.25. The lowest BCUT2D eigenvalue weighted by Crippen LogP contribution is -2.31. The normalized spacial score (nSPS) is 23.1. The molecule has 3 aliphatic carbocycles. The largest absolute Gasteiger partial charge is 0.0836 e. The molecule has 3 aliphatic rings. The average Bonchev–Trinajstić information content (AvgIpc) is 2.46. The topological polar surface area (TPSA) is 0 Å². The molecule has 0 fully saturated rings. The highest BCUT2D eigenvalue weighted by molar-refractivity contribution is 5.67. The van der Waals surface area contributed by atoms with Gasteiger partial charge in [-0.25, -0.2) is 0 Å². The summed E-state index contributed by atoms with van der Waals surface area (Å²) in [6, 6.07) is 4.64. The van der Waals surface area contributed by atoms with Gasteiger partial charge in [-0.15, -0.1) is 0 Å². The maximum Gasteiger partial charge on any atom is 0.0130 e. The molecule has 0 heteroatoms. The summed E-state index contributed by atoms with van der Waals surface area (Å²) in [6.07, 6.45) is 19.6. The molecule has 0 saturated carbocycles. The van der Waals surface area contributed by atoms with Crippen LogP contribution in [0.4, 0.5) is 0 Å². The van der Waals surface area contributed by atoms with Crippen LogP contribution in [0.25, 0.3) is 18.2 Å². The van der Waals surface area contributed by atoms with Gasteiger partial charge in [-0.2, -0.15) is 0 Å². The molecular formula is C18H16. The molecule has 1 aromatic carbocycles. The Morgan fingerprint density at radius 3 is 2.94 bits per heavy atom. The molecule has 0 heterocycles. The van der Waals surface area contributed by atoms with Gasteiger partial charge in [0.05, 0.1) is 0 Å². The second-order valence-electron chi connectivity index (χ2n) is 5.27. The van der Waals surface area contributed by atoms with E-state index in [-0.39, 0.29) is 0 Å². The van der Waals surface area contributed by atoms with Crippen LogP contribution in [-0.2, 0) is 0 Å². The Balaban J connectivity index is 2.02. The molecule has 0 amide bonds. The summed E-state index contributed by atoms with van der Waals surface area (Å²) in [5, 5.41) is 2.88. The van der Waals surface area contributed by atoms with Gasteiger partial charge >= 0.3 is 0 Å². The monoisotopic (exact) mass is 232 g/mol. The molecule has 0 aromatic heterocycles. The fourth-order valence-corrected chi connectivity index (χ4v) is 3.34. The predicted octanol–water partition coefficient (Wildman–Crippen LogP) is 3.04. The molecule has 0 N–H and O–H groups in total. The third kappa shape index (κ3) is 1.38. The Morgan fingerprint density at radius 2 is 1.94 bits per heavy atom. The van der Waals surface area contributed by atoms with Crippen LogP contribution in [0.2, 0.25) is 0 Å². The standard InChI is InChI=1S/C18H16/c1-3-7-15-13(5-1)9-11-18-16-8-4-2-6-14(16)10-12-17(15)18/h1,3,5-6,8-12,15H,2,4,7H2/t15-/m1/s1. The van der Waals surface area contributed by atoms with E-state index in [1.165, 1.54) is 40.0 Å². The molecule has 0 saturated heterocycles. The third-order valence-corrected chi connectivity index (χ3v) is 4.25. The molecular weight excluding hydrogens is 216 g/mol. The maximum absolute atomic E-state index is 2.41. The van der Waals surface area contributed by atoms with Crippen molar-refractivity contribution in [2.75, 3.05) is 0 Å². The summed E-state index contributed by atoms with van der Waals surface area (Å²) in [5.41, 5.74) is 4.43. The van der Waals surface area contributed by atoms with Gasteiger partial charge in [0, 0.05) is 5.92 Å². The Bertz CT molecular complexity index is 711. The zero-order valence-electron chi connectivity index (χ0n) is 10.4. The van der Waals surface area contributed by atoms with Gasteiger partial charge in [-0.05, 0) is 46.4 Å². The first-order valence-corrected chi connectivity index (χ1v) is 6.81. The molecule has 88 valence electrons. The van der Waals surface area contributed by atoms with E-state index in [0.717, 1.165) is 6.42 Å². The van der Waals surface area contributed by atoms with Crippen LogP contribution < -0.4 is 10.4 Å². The van der Waals surface area contributed by atoms with Crippen molar-refractivity contribution >= 4 is 18.2 Å². The van der Waals surface area contributed by atoms with E-state index in [1.807, 2.05) is 0 Å². The van der Waals surface area contributed by atoms with E-state index >= 15 is 0 Å². The minimum absolute atomic E-state index is 0.579. The first-order valence-electron chi connectivity index (χ1n) is 6.81. The number of hydrogen-bond acceptors (Lipinski definition) is 0. The number of benzene rings is 1. The molecule has 1 atom stereocenters. The fraction of sp³-hybridized carbons (Fsp3) is 0.222. The molecule has 0 nitrogen and oxygen atoms in total. The van der Waals surface area contributed by atoms with Gasteiger partial charge in [0.1, 0.15) is 0 Å². The van der Waals surface area contributed by atoms with Crippen molar-refractivity contribution in [3.63, 3.8) is 0 Å². The van der Waals surface area contributed by atoms with E-state index < -0.39 is 0 Å². The quantitative estimate of drug-likeness (QED) is 0.645. The molecule has 18 heavy (non-hydrogen) atoms. The molecule has 0 aliphatic heterocycles. The predicted molar refractivity (Wildman–Crippen MR) is 77.5 cm³/mol. The van der Waals surface area contributed by atoms with Crippen LogP contribution in [0, 0.1) is 0 Å². The highest BCUT2D eigenvalue weighted by atomic mass is 14.3. The Kier molecular flexibility index (Phi) is 2.16. The first kappa shape index (κ1) is 10.1. The summed E-state index contributed by atoms with van der Waals surface area (Å²) < 4.78 is 0. The minimum Gasteiger partial charge on any atom is -0.0836 e. The Morgan fingerprint density at radius 1 is 1.00 bits per heavy atom. The van der Waals surface area contributed by atoms with Crippen molar-refractivity contribution in [3.8, 4) is 0 Å². The molecule has 0 spiro atoms. The zero-order valence-corrected chi connectivity index (χ0v) is 10.4. The van der Waals surface area contributed by atoms with Gasteiger partial charge < -0.3 is 0 Å². The zero-order chi connectivity index (χ0) is 11.9. The van der Waals surface area contributed by atoms with Crippen LogP contribution in [0.1, 0.15) is 36.3 Å². The van der Waals surface area contributed by atoms with E-state index in [0.29, 0.717) is 5.92 Å². The smallest absolute Gasteiger partial charge is 0.0130 e. The van der Waals surface area contributed by atoms with Crippen molar-refractivity contribution in [2.45, 2.75) is 25.2 Å². The average molecular weight is 232 g/mol.